The van der Waals surface area contributed by atoms with Crippen LogP contribution in [0.15, 0.2) is 58.6 Å². The zero-order valence-corrected chi connectivity index (χ0v) is 15.9. The molecule has 1 unspecified atom stereocenters. The normalized spacial score (nSPS) is 19.2. The van der Waals surface area contributed by atoms with E-state index in [2.05, 4.69) is 15.9 Å². The highest BCUT2D eigenvalue weighted by molar-refractivity contribution is 9.10. The number of rotatable bonds is 4. The van der Waals surface area contributed by atoms with Crippen molar-refractivity contribution in [2.75, 3.05) is 13.2 Å². The number of carbonyl (C=O) groups is 2. The molecule has 3 rings (SSSR count). The highest BCUT2D eigenvalue weighted by Gasteiger charge is 2.45. The van der Waals surface area contributed by atoms with Crippen LogP contribution in [0.5, 0.6) is 0 Å². The molecule has 1 aliphatic heterocycles. The molecule has 0 radical (unpaired) electrons. The minimum atomic E-state index is -0.779. The second-order valence-corrected chi connectivity index (χ2v) is 7.13. The molecule has 5 nitrogen and oxygen atoms in total. The minimum absolute atomic E-state index is 0.00639. The average molecular weight is 437 g/mol. The van der Waals surface area contributed by atoms with E-state index in [0.717, 1.165) is 4.47 Å². The summed E-state index contributed by atoms with van der Waals surface area (Å²) in [7, 11) is 0. The third kappa shape index (κ3) is 3.40. The Bertz CT molecular complexity index is 877. The summed E-state index contributed by atoms with van der Waals surface area (Å²) in [6.07, 6.45) is 0. The van der Waals surface area contributed by atoms with Crippen molar-refractivity contribution in [3.8, 4) is 0 Å². The Morgan fingerprint density at radius 1 is 1.08 bits per heavy atom. The summed E-state index contributed by atoms with van der Waals surface area (Å²) in [6, 6.07) is 12.7. The number of benzene rings is 2. The minimum Gasteiger partial charge on any atom is -0.507 e. The maximum absolute atomic E-state index is 12.6. The van der Waals surface area contributed by atoms with Crippen LogP contribution in [0.4, 0.5) is 0 Å². The molecule has 1 amide bonds. The molecule has 26 heavy (non-hydrogen) atoms. The molecule has 2 aromatic rings. The van der Waals surface area contributed by atoms with E-state index in [1.54, 1.807) is 48.5 Å². The van der Waals surface area contributed by atoms with Crippen molar-refractivity contribution >= 4 is 45.0 Å². The molecular formula is C19H15BrClNO4. The number of hydrogen-bond donors (Lipinski definition) is 2. The fourth-order valence-electron chi connectivity index (χ4n) is 2.97. The van der Waals surface area contributed by atoms with Crippen molar-refractivity contribution < 1.29 is 19.8 Å². The van der Waals surface area contributed by atoms with Gasteiger partial charge in [0.05, 0.1) is 18.2 Å². The van der Waals surface area contributed by atoms with Gasteiger partial charge in [0, 0.05) is 21.6 Å². The first-order chi connectivity index (χ1) is 12.4. The molecule has 0 saturated carbocycles. The number of β-amino-alcohol motifs (C(OH)–C–C–N with tert-alkyl or cyclic N) is 1. The number of Topliss-reactive ketones (excluding diaryl/α,β-unsaturated/α-hetero) is 1. The summed E-state index contributed by atoms with van der Waals surface area (Å²) in [5.41, 5.74) is 1.04. The van der Waals surface area contributed by atoms with E-state index >= 15 is 0 Å². The van der Waals surface area contributed by atoms with Gasteiger partial charge in [0.25, 0.3) is 11.7 Å². The van der Waals surface area contributed by atoms with Gasteiger partial charge in [-0.1, -0.05) is 39.7 Å². The van der Waals surface area contributed by atoms with Gasteiger partial charge in [-0.25, -0.2) is 0 Å². The van der Waals surface area contributed by atoms with E-state index in [4.69, 9.17) is 11.6 Å². The van der Waals surface area contributed by atoms with E-state index in [0.29, 0.717) is 16.1 Å². The number of carbonyl (C=O) groups excluding carboxylic acids is 2. The van der Waals surface area contributed by atoms with E-state index in [-0.39, 0.29) is 24.5 Å². The maximum Gasteiger partial charge on any atom is 0.295 e. The third-order valence-electron chi connectivity index (χ3n) is 4.18. The van der Waals surface area contributed by atoms with Gasteiger partial charge in [-0.05, 0) is 42.0 Å². The topological polar surface area (TPSA) is 77.8 Å². The summed E-state index contributed by atoms with van der Waals surface area (Å²) < 4.78 is 0.845. The Morgan fingerprint density at radius 3 is 2.27 bits per heavy atom. The summed E-state index contributed by atoms with van der Waals surface area (Å²) in [6.45, 7) is -0.302. The quantitative estimate of drug-likeness (QED) is 0.437. The number of amides is 1. The van der Waals surface area contributed by atoms with Crippen molar-refractivity contribution in [2.24, 2.45) is 0 Å². The predicted octanol–water partition coefficient (Wildman–Crippen LogP) is 3.52. The van der Waals surface area contributed by atoms with Gasteiger partial charge in [0.15, 0.2) is 0 Å². The fourth-order valence-corrected chi connectivity index (χ4v) is 3.36. The number of aliphatic hydroxyl groups is 2. The Kier molecular flexibility index (Phi) is 5.46. The second-order valence-electron chi connectivity index (χ2n) is 5.77. The molecule has 7 heteroatoms. The number of halogens is 2. The van der Waals surface area contributed by atoms with Crippen LogP contribution in [0.1, 0.15) is 17.2 Å². The van der Waals surface area contributed by atoms with Gasteiger partial charge in [-0.3, -0.25) is 9.59 Å². The van der Waals surface area contributed by atoms with E-state index < -0.39 is 17.7 Å². The molecule has 0 aromatic heterocycles. The monoisotopic (exact) mass is 435 g/mol. The van der Waals surface area contributed by atoms with Gasteiger partial charge in [-0.2, -0.15) is 0 Å². The Morgan fingerprint density at radius 2 is 1.69 bits per heavy atom. The van der Waals surface area contributed by atoms with Crippen molar-refractivity contribution in [2.45, 2.75) is 6.04 Å². The van der Waals surface area contributed by atoms with Crippen LogP contribution in [-0.2, 0) is 9.59 Å². The van der Waals surface area contributed by atoms with Crippen LogP contribution in [0, 0.1) is 0 Å². The van der Waals surface area contributed by atoms with Crippen molar-refractivity contribution in [3.05, 3.63) is 74.7 Å². The fraction of sp³-hybridized carbons (Fsp3) is 0.158. The summed E-state index contributed by atoms with van der Waals surface area (Å²) in [5.74, 6) is -1.80. The van der Waals surface area contributed by atoms with E-state index in [9.17, 15) is 19.8 Å². The lowest BCUT2D eigenvalue weighted by Crippen LogP contribution is -2.32. The van der Waals surface area contributed by atoms with Gasteiger partial charge in [0.2, 0.25) is 0 Å². The van der Waals surface area contributed by atoms with Gasteiger partial charge >= 0.3 is 0 Å². The third-order valence-corrected chi connectivity index (χ3v) is 4.96. The number of ketones is 1. The average Bonchev–Trinajstić information content (AvgIpc) is 2.88. The molecule has 1 aliphatic rings. The zero-order valence-electron chi connectivity index (χ0n) is 13.5. The molecule has 1 fully saturated rings. The Hall–Kier alpha value is -2.15. The summed E-state index contributed by atoms with van der Waals surface area (Å²) >= 11 is 9.22. The molecule has 0 bridgehead atoms. The zero-order chi connectivity index (χ0) is 18.8. The van der Waals surface area contributed by atoms with Crippen LogP contribution < -0.4 is 0 Å². The maximum atomic E-state index is 12.6. The molecule has 134 valence electrons. The highest BCUT2D eigenvalue weighted by atomic mass is 79.9. The van der Waals surface area contributed by atoms with Crippen molar-refractivity contribution in [1.29, 1.82) is 0 Å². The number of nitrogens with zero attached hydrogens (tertiary/aromatic N) is 1. The molecule has 2 N–H and O–H groups in total. The lowest BCUT2D eigenvalue weighted by atomic mass is 9.95. The van der Waals surface area contributed by atoms with Gasteiger partial charge in [-0.15, -0.1) is 0 Å². The number of aliphatic hydroxyl groups excluding tert-OH is 2. The van der Waals surface area contributed by atoms with Crippen LogP contribution in [0.2, 0.25) is 5.02 Å². The summed E-state index contributed by atoms with van der Waals surface area (Å²) in [5, 5.41) is 20.5. The molecule has 2 aromatic carbocycles. The van der Waals surface area contributed by atoms with Crippen molar-refractivity contribution in [1.82, 2.24) is 4.90 Å². The Labute approximate surface area is 163 Å². The predicted molar refractivity (Wildman–Crippen MR) is 102 cm³/mol. The highest BCUT2D eigenvalue weighted by Crippen LogP contribution is 2.39. The van der Waals surface area contributed by atoms with Gasteiger partial charge in [0.1, 0.15) is 5.76 Å². The molecule has 0 spiro atoms. The van der Waals surface area contributed by atoms with Crippen LogP contribution >= 0.6 is 27.5 Å². The largest absolute Gasteiger partial charge is 0.507 e. The lowest BCUT2D eigenvalue weighted by molar-refractivity contribution is -0.140. The first kappa shape index (κ1) is 18.6. The lowest BCUT2D eigenvalue weighted by Gasteiger charge is -2.24. The molecular weight excluding hydrogens is 422 g/mol. The summed E-state index contributed by atoms with van der Waals surface area (Å²) in [4.78, 5) is 26.3. The smallest absolute Gasteiger partial charge is 0.295 e. The van der Waals surface area contributed by atoms with Crippen LogP contribution in [-0.4, -0.2) is 40.0 Å². The molecule has 1 atom stereocenters. The SMILES string of the molecule is O=C1C(=O)N(CCO)C(c2ccc(Br)cc2)/C1=C(/O)c1ccc(Cl)cc1. The van der Waals surface area contributed by atoms with Gasteiger partial charge < -0.3 is 15.1 Å². The molecule has 1 saturated heterocycles. The standard InChI is InChI=1S/C19H15BrClNO4/c20-13-5-1-11(2-6-13)16-15(18(25)19(26)22(16)9-10-23)17(24)12-3-7-14(21)8-4-12/h1-8,16,23-24H,9-10H2/b17-15-. The van der Waals surface area contributed by atoms with E-state index in [1.807, 2.05) is 0 Å². The first-order valence-corrected chi connectivity index (χ1v) is 9.02. The van der Waals surface area contributed by atoms with Crippen LogP contribution in [0.3, 0.4) is 0 Å². The number of likely N-dealkylation sites (tertiary alicyclic amines) is 1. The Balaban J connectivity index is 2.17. The molecule has 1 heterocycles. The molecule has 0 aliphatic carbocycles. The van der Waals surface area contributed by atoms with Crippen molar-refractivity contribution in [3.63, 3.8) is 0 Å². The first-order valence-electron chi connectivity index (χ1n) is 7.84. The number of hydrogen-bond acceptors (Lipinski definition) is 4. The van der Waals surface area contributed by atoms with Crippen LogP contribution in [0.25, 0.3) is 5.76 Å². The van der Waals surface area contributed by atoms with E-state index in [1.165, 1.54) is 4.90 Å². The second kappa shape index (κ2) is 7.61.